The number of amides is 1. The highest BCUT2D eigenvalue weighted by Crippen LogP contribution is 2.24. The van der Waals surface area contributed by atoms with Crippen LogP contribution in [0.15, 0.2) is 70.2 Å². The molecule has 4 rings (SSSR count). The molecule has 33 heavy (non-hydrogen) atoms. The van der Waals surface area contributed by atoms with Crippen LogP contribution < -0.4 is 15.6 Å². The maximum Gasteiger partial charge on any atom is 0.261 e. The number of para-hydroxylation sites is 1. The lowest BCUT2D eigenvalue weighted by molar-refractivity contribution is 0.102. The Morgan fingerprint density at radius 1 is 1.21 bits per heavy atom. The molecule has 0 saturated carbocycles. The van der Waals surface area contributed by atoms with E-state index in [4.69, 9.17) is 20.8 Å². The molecule has 168 valence electrons. The number of nitrogens with one attached hydrogen (secondary N) is 1. The van der Waals surface area contributed by atoms with Gasteiger partial charge in [-0.05, 0) is 56.3 Å². The van der Waals surface area contributed by atoms with Gasteiger partial charge >= 0.3 is 0 Å². The summed E-state index contributed by atoms with van der Waals surface area (Å²) in [7, 11) is 0. The Bertz CT molecular complexity index is 1380. The van der Waals surface area contributed by atoms with Crippen molar-refractivity contribution in [2.45, 2.75) is 20.5 Å². The minimum Gasteiger partial charge on any atom is -0.494 e. The molecule has 4 aromatic rings. The zero-order chi connectivity index (χ0) is 23.4. The summed E-state index contributed by atoms with van der Waals surface area (Å²) in [5.74, 6) is 0.271. The van der Waals surface area contributed by atoms with E-state index < -0.39 is 5.91 Å². The van der Waals surface area contributed by atoms with Crippen LogP contribution in [0.1, 0.15) is 28.5 Å². The van der Waals surface area contributed by atoms with E-state index in [0.29, 0.717) is 45.2 Å². The lowest BCUT2D eigenvalue weighted by Crippen LogP contribution is -2.22. The molecule has 8 heteroatoms. The van der Waals surface area contributed by atoms with Crippen molar-refractivity contribution in [2.24, 2.45) is 4.99 Å². The Morgan fingerprint density at radius 3 is 2.67 bits per heavy atom. The molecule has 2 aromatic heterocycles. The van der Waals surface area contributed by atoms with E-state index in [0.717, 1.165) is 5.75 Å². The summed E-state index contributed by atoms with van der Waals surface area (Å²) in [4.78, 5) is 22.1. The van der Waals surface area contributed by atoms with Gasteiger partial charge in [-0.15, -0.1) is 0 Å². The average Bonchev–Trinajstić information content (AvgIpc) is 2.82. The van der Waals surface area contributed by atoms with Gasteiger partial charge in [0.2, 0.25) is 5.55 Å². The Kier molecular flexibility index (Phi) is 6.72. The van der Waals surface area contributed by atoms with Crippen molar-refractivity contribution >= 4 is 39.9 Å². The monoisotopic (exact) mass is 463 g/mol. The van der Waals surface area contributed by atoms with E-state index in [9.17, 15) is 9.90 Å². The summed E-state index contributed by atoms with van der Waals surface area (Å²) in [6.45, 7) is 4.01. The Morgan fingerprint density at radius 2 is 1.97 bits per heavy atom. The number of halogens is 1. The van der Waals surface area contributed by atoms with Gasteiger partial charge in [0.1, 0.15) is 11.3 Å². The quantitative estimate of drug-likeness (QED) is 0.411. The fraction of sp³-hybridized carbons (Fsp3) is 0.160. The smallest absolute Gasteiger partial charge is 0.261 e. The topological polar surface area (TPSA) is 97.0 Å². The molecule has 1 amide bonds. The van der Waals surface area contributed by atoms with Crippen LogP contribution >= 0.6 is 11.6 Å². The Balaban J connectivity index is 1.88. The number of aliphatic hydroxyl groups excluding tert-OH is 1. The van der Waals surface area contributed by atoms with Crippen molar-refractivity contribution < 1.29 is 19.1 Å². The first kappa shape index (κ1) is 22.5. The molecule has 2 aromatic carbocycles. The number of rotatable bonds is 6. The van der Waals surface area contributed by atoms with Crippen LogP contribution in [0.3, 0.4) is 0 Å². The van der Waals surface area contributed by atoms with Crippen LogP contribution in [0.25, 0.3) is 11.0 Å². The molecule has 0 saturated heterocycles. The molecule has 0 unspecified atom stereocenters. The maximum absolute atomic E-state index is 13.3. The van der Waals surface area contributed by atoms with Gasteiger partial charge in [-0.2, -0.15) is 0 Å². The Hall–Kier alpha value is -3.68. The highest BCUT2D eigenvalue weighted by molar-refractivity contribution is 6.33. The van der Waals surface area contributed by atoms with Crippen molar-refractivity contribution in [3.63, 3.8) is 0 Å². The van der Waals surface area contributed by atoms with Crippen LogP contribution in [-0.2, 0) is 6.61 Å². The first-order valence-electron chi connectivity index (χ1n) is 10.4. The molecule has 0 atom stereocenters. The SMILES string of the molecule is CCOc1ccc(N=c2oc3c(C)ncc(CO)c3cc2C(=O)Nc2ccccc2Cl)cc1. The van der Waals surface area contributed by atoms with Crippen LogP contribution in [0.5, 0.6) is 5.75 Å². The van der Waals surface area contributed by atoms with Gasteiger partial charge in [-0.1, -0.05) is 23.7 Å². The van der Waals surface area contributed by atoms with Crippen LogP contribution in [0.4, 0.5) is 11.4 Å². The van der Waals surface area contributed by atoms with Gasteiger partial charge in [0.15, 0.2) is 5.58 Å². The standard InChI is InChI=1S/C25H22ClN3O4/c1-3-32-18-10-8-17(9-11-18)28-25-20(24(31)29-22-7-5-4-6-21(22)26)12-19-16(14-30)13-27-15(2)23(19)33-25/h4-13,30H,3,14H2,1-2H3,(H,29,31). The summed E-state index contributed by atoms with van der Waals surface area (Å²) in [6, 6.07) is 15.7. The van der Waals surface area contributed by atoms with Crippen molar-refractivity contribution in [2.75, 3.05) is 11.9 Å². The number of anilines is 1. The van der Waals surface area contributed by atoms with Gasteiger partial charge in [0, 0.05) is 17.1 Å². The minimum atomic E-state index is -0.447. The van der Waals surface area contributed by atoms with Crippen molar-refractivity contribution in [3.8, 4) is 5.75 Å². The van der Waals surface area contributed by atoms with Gasteiger partial charge in [0.25, 0.3) is 5.91 Å². The third-order valence-corrected chi connectivity index (χ3v) is 5.30. The van der Waals surface area contributed by atoms with E-state index in [1.54, 1.807) is 67.7 Å². The number of aliphatic hydroxyl groups is 1. The number of carbonyl (C=O) groups excluding carboxylic acids is 1. The molecule has 0 bridgehead atoms. The molecule has 0 aliphatic heterocycles. The minimum absolute atomic E-state index is 0.108. The largest absolute Gasteiger partial charge is 0.494 e. The second-order valence-electron chi connectivity index (χ2n) is 7.21. The van der Waals surface area contributed by atoms with Crippen molar-refractivity contribution in [1.29, 1.82) is 0 Å². The van der Waals surface area contributed by atoms with E-state index in [1.165, 1.54) is 0 Å². The molecule has 0 aliphatic carbocycles. The van der Waals surface area contributed by atoms with Crippen LogP contribution in [0.2, 0.25) is 5.02 Å². The first-order chi connectivity index (χ1) is 16.0. The van der Waals surface area contributed by atoms with E-state index in [1.807, 2.05) is 6.92 Å². The van der Waals surface area contributed by atoms with Gasteiger partial charge in [-0.25, -0.2) is 4.99 Å². The first-order valence-corrected chi connectivity index (χ1v) is 10.7. The third-order valence-electron chi connectivity index (χ3n) is 4.97. The van der Waals surface area contributed by atoms with Crippen molar-refractivity contribution in [3.05, 3.63) is 88.2 Å². The lowest BCUT2D eigenvalue weighted by Gasteiger charge is -2.10. The predicted octanol–water partition coefficient (Wildman–Crippen LogP) is 5.17. The summed E-state index contributed by atoms with van der Waals surface area (Å²) in [6.07, 6.45) is 1.56. The summed E-state index contributed by atoms with van der Waals surface area (Å²) < 4.78 is 11.5. The number of fused-ring (bicyclic) bond motifs is 1. The molecule has 0 aliphatic rings. The summed E-state index contributed by atoms with van der Waals surface area (Å²) in [5, 5.41) is 13.6. The molecule has 7 nitrogen and oxygen atoms in total. The van der Waals surface area contributed by atoms with Gasteiger partial charge in [0.05, 0.1) is 35.3 Å². The van der Waals surface area contributed by atoms with E-state index in [2.05, 4.69) is 15.3 Å². The number of hydrogen-bond acceptors (Lipinski definition) is 6. The second kappa shape index (κ2) is 9.85. The molecule has 0 radical (unpaired) electrons. The molecule has 0 spiro atoms. The third kappa shape index (κ3) is 4.89. The zero-order valence-electron chi connectivity index (χ0n) is 18.1. The summed E-state index contributed by atoms with van der Waals surface area (Å²) >= 11 is 6.21. The number of pyridine rings is 1. The van der Waals surface area contributed by atoms with Gasteiger partial charge < -0.3 is 19.6 Å². The molecular formula is C25H22ClN3O4. The molecule has 0 fully saturated rings. The predicted molar refractivity (Wildman–Crippen MR) is 127 cm³/mol. The normalized spacial score (nSPS) is 11.6. The zero-order valence-corrected chi connectivity index (χ0v) is 18.9. The van der Waals surface area contributed by atoms with Crippen molar-refractivity contribution in [1.82, 2.24) is 4.98 Å². The second-order valence-corrected chi connectivity index (χ2v) is 7.61. The average molecular weight is 464 g/mol. The highest BCUT2D eigenvalue weighted by Gasteiger charge is 2.17. The molecule has 2 heterocycles. The van der Waals surface area contributed by atoms with Crippen LogP contribution in [-0.4, -0.2) is 22.6 Å². The number of hydrogen-bond donors (Lipinski definition) is 2. The van der Waals surface area contributed by atoms with E-state index >= 15 is 0 Å². The Labute approximate surface area is 195 Å². The number of ether oxygens (including phenoxy) is 1. The molecular weight excluding hydrogens is 442 g/mol. The summed E-state index contributed by atoms with van der Waals surface area (Å²) in [5.41, 5.74) is 2.94. The number of nitrogens with zero attached hydrogens (tertiary/aromatic N) is 2. The number of carbonyl (C=O) groups is 1. The highest BCUT2D eigenvalue weighted by atomic mass is 35.5. The number of aryl methyl sites for hydroxylation is 1. The maximum atomic E-state index is 13.3. The number of aromatic nitrogens is 1. The van der Waals surface area contributed by atoms with Gasteiger partial charge in [-0.3, -0.25) is 9.78 Å². The lowest BCUT2D eigenvalue weighted by atomic mass is 10.1. The molecule has 2 N–H and O–H groups in total. The fourth-order valence-corrected chi connectivity index (χ4v) is 3.50. The van der Waals surface area contributed by atoms with E-state index in [-0.39, 0.29) is 17.7 Å². The fourth-order valence-electron chi connectivity index (χ4n) is 3.31. The number of benzene rings is 2. The van der Waals surface area contributed by atoms with Crippen LogP contribution in [0, 0.1) is 6.92 Å².